The zero-order chi connectivity index (χ0) is 18.1. The van der Waals surface area contributed by atoms with Crippen LogP contribution in [0.3, 0.4) is 0 Å². The van der Waals surface area contributed by atoms with Gasteiger partial charge in [-0.05, 0) is 56.7 Å². The van der Waals surface area contributed by atoms with E-state index >= 15 is 0 Å². The Morgan fingerprint density at radius 1 is 1.33 bits per heavy atom. The van der Waals surface area contributed by atoms with Crippen molar-refractivity contribution < 1.29 is 13.2 Å². The molecule has 2 atom stereocenters. The number of sulfonamides is 1. The van der Waals surface area contributed by atoms with Crippen LogP contribution in [0.25, 0.3) is 0 Å². The Morgan fingerprint density at radius 3 is 2.58 bits per heavy atom. The molecule has 6 heteroatoms. The highest BCUT2D eigenvalue weighted by Gasteiger charge is 2.34. The van der Waals surface area contributed by atoms with Crippen LogP contribution in [0.2, 0.25) is 0 Å². The lowest BCUT2D eigenvalue weighted by molar-refractivity contribution is -0.133. The van der Waals surface area contributed by atoms with Crippen LogP contribution in [0.1, 0.15) is 37.8 Å². The molecule has 1 aliphatic rings. The number of carbonyl (C=O) groups is 1. The normalized spacial score (nSPS) is 19.9. The van der Waals surface area contributed by atoms with Gasteiger partial charge < -0.3 is 4.90 Å². The molecule has 1 amide bonds. The highest BCUT2D eigenvalue weighted by molar-refractivity contribution is 7.92. The third-order valence-corrected chi connectivity index (χ3v) is 5.86. The Bertz CT molecular complexity index is 715. The van der Waals surface area contributed by atoms with Gasteiger partial charge in [0, 0.05) is 13.1 Å². The smallest absolute Gasteiger partial charge is 0.246 e. The second-order valence-electron chi connectivity index (χ2n) is 7.06. The lowest BCUT2D eigenvalue weighted by atomic mass is 9.99. The third-order valence-electron chi connectivity index (χ3n) is 4.64. The summed E-state index contributed by atoms with van der Waals surface area (Å²) in [7, 11) is -3.57. The Labute approximate surface area is 145 Å². The van der Waals surface area contributed by atoms with E-state index in [-0.39, 0.29) is 5.91 Å². The van der Waals surface area contributed by atoms with Gasteiger partial charge in [-0.25, -0.2) is 8.42 Å². The number of anilines is 1. The van der Waals surface area contributed by atoms with Crippen LogP contribution in [0.5, 0.6) is 0 Å². The minimum absolute atomic E-state index is 0.118. The number of benzene rings is 1. The van der Waals surface area contributed by atoms with E-state index in [9.17, 15) is 13.2 Å². The van der Waals surface area contributed by atoms with Crippen LogP contribution in [-0.2, 0) is 14.8 Å². The highest BCUT2D eigenvalue weighted by Crippen LogP contribution is 2.27. The Hall–Kier alpha value is -1.56. The third kappa shape index (κ3) is 4.09. The maximum atomic E-state index is 12.9. The molecule has 1 heterocycles. The van der Waals surface area contributed by atoms with E-state index in [0.717, 1.165) is 30.2 Å². The van der Waals surface area contributed by atoms with Crippen LogP contribution < -0.4 is 4.31 Å². The molecule has 2 rings (SSSR count). The number of hydrogen-bond donors (Lipinski definition) is 0. The average molecular weight is 353 g/mol. The standard InChI is InChI=1S/C18H28N2O3S/c1-13-8-9-15(3)17(11-13)20(24(5,22)23)16(4)18(21)19-10-6-7-14(2)12-19/h8-9,11,14,16H,6-7,10,12H2,1-5H3/t14-,16+/m1/s1. The van der Waals surface area contributed by atoms with Crippen molar-refractivity contribution >= 4 is 21.6 Å². The summed E-state index contributed by atoms with van der Waals surface area (Å²) in [6.45, 7) is 9.01. The van der Waals surface area contributed by atoms with E-state index in [2.05, 4.69) is 6.92 Å². The van der Waals surface area contributed by atoms with Gasteiger partial charge in [-0.15, -0.1) is 0 Å². The summed E-state index contributed by atoms with van der Waals surface area (Å²) >= 11 is 0. The molecular formula is C18H28N2O3S. The topological polar surface area (TPSA) is 57.7 Å². The molecule has 0 aliphatic carbocycles. The van der Waals surface area contributed by atoms with Gasteiger partial charge in [-0.1, -0.05) is 19.1 Å². The fraction of sp³-hybridized carbons (Fsp3) is 0.611. The average Bonchev–Trinajstić information content (AvgIpc) is 2.48. The summed E-state index contributed by atoms with van der Waals surface area (Å²) in [5, 5.41) is 0. The maximum absolute atomic E-state index is 12.9. The van der Waals surface area contributed by atoms with E-state index in [4.69, 9.17) is 0 Å². The largest absolute Gasteiger partial charge is 0.341 e. The number of carbonyl (C=O) groups excluding carboxylic acids is 1. The number of piperidine rings is 1. The van der Waals surface area contributed by atoms with Crippen molar-refractivity contribution in [1.82, 2.24) is 4.90 Å². The molecule has 24 heavy (non-hydrogen) atoms. The molecule has 0 saturated carbocycles. The first kappa shape index (κ1) is 18.8. The minimum Gasteiger partial charge on any atom is -0.341 e. The molecule has 0 aromatic heterocycles. The molecule has 1 aromatic rings. The van der Waals surface area contributed by atoms with E-state index in [1.54, 1.807) is 6.92 Å². The Balaban J connectivity index is 2.38. The Kier molecular flexibility index (Phi) is 5.58. The van der Waals surface area contributed by atoms with E-state index in [0.29, 0.717) is 24.7 Å². The van der Waals surface area contributed by atoms with Crippen LogP contribution in [0.15, 0.2) is 18.2 Å². The van der Waals surface area contributed by atoms with Gasteiger partial charge >= 0.3 is 0 Å². The molecule has 0 radical (unpaired) electrons. The van der Waals surface area contributed by atoms with Crippen molar-refractivity contribution in [1.29, 1.82) is 0 Å². The molecule has 1 saturated heterocycles. The SMILES string of the molecule is Cc1ccc(C)c(N([C@@H](C)C(=O)N2CCC[C@@H](C)C2)S(C)(=O)=O)c1. The summed E-state index contributed by atoms with van der Waals surface area (Å²) in [5.74, 6) is 0.343. The molecule has 1 fully saturated rings. The van der Waals surface area contributed by atoms with Gasteiger partial charge in [0.15, 0.2) is 0 Å². The molecule has 1 aromatic carbocycles. The molecule has 0 spiro atoms. The van der Waals surface area contributed by atoms with Gasteiger partial charge in [0.05, 0.1) is 11.9 Å². The molecule has 1 aliphatic heterocycles. The van der Waals surface area contributed by atoms with Crippen molar-refractivity contribution in [2.75, 3.05) is 23.7 Å². The van der Waals surface area contributed by atoms with Crippen LogP contribution in [-0.4, -0.2) is 44.6 Å². The second-order valence-corrected chi connectivity index (χ2v) is 8.92. The predicted octanol–water partition coefficient (Wildman–Crippen LogP) is 2.72. The van der Waals surface area contributed by atoms with Crippen LogP contribution >= 0.6 is 0 Å². The van der Waals surface area contributed by atoms with Gasteiger partial charge in [0.1, 0.15) is 6.04 Å². The molecular weight excluding hydrogens is 324 g/mol. The van der Waals surface area contributed by atoms with Gasteiger partial charge in [-0.3, -0.25) is 9.10 Å². The summed E-state index contributed by atoms with van der Waals surface area (Å²) in [5.41, 5.74) is 2.40. The van der Waals surface area contributed by atoms with Gasteiger partial charge in [-0.2, -0.15) is 0 Å². The van der Waals surface area contributed by atoms with Crippen molar-refractivity contribution in [2.45, 2.75) is 46.6 Å². The maximum Gasteiger partial charge on any atom is 0.246 e. The first-order valence-electron chi connectivity index (χ1n) is 8.46. The van der Waals surface area contributed by atoms with Crippen molar-refractivity contribution in [3.05, 3.63) is 29.3 Å². The minimum atomic E-state index is -3.57. The fourth-order valence-electron chi connectivity index (χ4n) is 3.39. The summed E-state index contributed by atoms with van der Waals surface area (Å²) < 4.78 is 26.2. The number of likely N-dealkylation sites (tertiary alicyclic amines) is 1. The zero-order valence-corrected chi connectivity index (χ0v) is 16.1. The first-order chi connectivity index (χ1) is 11.1. The van der Waals surface area contributed by atoms with E-state index in [1.165, 1.54) is 4.31 Å². The number of amides is 1. The molecule has 0 bridgehead atoms. The fourth-order valence-corrected chi connectivity index (χ4v) is 4.60. The number of hydrogen-bond acceptors (Lipinski definition) is 3. The quantitative estimate of drug-likeness (QED) is 0.837. The Morgan fingerprint density at radius 2 is 2.00 bits per heavy atom. The first-order valence-corrected chi connectivity index (χ1v) is 10.3. The second kappa shape index (κ2) is 7.13. The monoisotopic (exact) mass is 352 g/mol. The lowest BCUT2D eigenvalue weighted by Gasteiger charge is -2.36. The van der Waals surface area contributed by atoms with Crippen LogP contribution in [0, 0.1) is 19.8 Å². The van der Waals surface area contributed by atoms with E-state index < -0.39 is 16.1 Å². The zero-order valence-electron chi connectivity index (χ0n) is 15.2. The van der Waals surface area contributed by atoms with Gasteiger partial charge in [0.2, 0.25) is 15.9 Å². The summed E-state index contributed by atoms with van der Waals surface area (Å²) in [6.07, 6.45) is 3.25. The van der Waals surface area contributed by atoms with Crippen molar-refractivity contribution in [3.63, 3.8) is 0 Å². The molecule has 134 valence electrons. The summed E-state index contributed by atoms with van der Waals surface area (Å²) in [4.78, 5) is 14.7. The van der Waals surface area contributed by atoms with Crippen LogP contribution in [0.4, 0.5) is 5.69 Å². The molecule has 5 nitrogen and oxygen atoms in total. The predicted molar refractivity (Wildman–Crippen MR) is 97.7 cm³/mol. The molecule has 0 unspecified atom stereocenters. The van der Waals surface area contributed by atoms with Crippen molar-refractivity contribution in [2.24, 2.45) is 5.92 Å². The number of rotatable bonds is 4. The van der Waals surface area contributed by atoms with Crippen molar-refractivity contribution in [3.8, 4) is 0 Å². The highest BCUT2D eigenvalue weighted by atomic mass is 32.2. The number of nitrogens with zero attached hydrogens (tertiary/aromatic N) is 2. The van der Waals surface area contributed by atoms with Gasteiger partial charge in [0.25, 0.3) is 0 Å². The lowest BCUT2D eigenvalue weighted by Crippen LogP contribution is -2.51. The van der Waals surface area contributed by atoms with E-state index in [1.807, 2.05) is 36.9 Å². The number of aryl methyl sites for hydroxylation is 2. The summed E-state index contributed by atoms with van der Waals surface area (Å²) in [6, 6.07) is 4.92. The molecule has 0 N–H and O–H groups in total.